The van der Waals surface area contributed by atoms with Gasteiger partial charge in [0.05, 0.1) is 0 Å². The molecule has 0 unspecified atom stereocenters. The highest BCUT2D eigenvalue weighted by atomic mass is 35.5. The fourth-order valence-electron chi connectivity index (χ4n) is 0.564. The van der Waals surface area contributed by atoms with Crippen molar-refractivity contribution >= 4 is 23.6 Å². The van der Waals surface area contributed by atoms with Gasteiger partial charge in [-0.25, -0.2) is 4.39 Å². The van der Waals surface area contributed by atoms with E-state index >= 15 is 0 Å². The topological polar surface area (TPSA) is 0 Å². The predicted octanol–water partition coefficient (Wildman–Crippen LogP) is 1.31. The summed E-state index contributed by atoms with van der Waals surface area (Å²) in [5, 5.41) is 0. The minimum atomic E-state index is -0.285. The second kappa shape index (κ2) is 2.88. The normalized spacial score (nSPS) is 9.11. The standard InChI is InChI=1S/C6H4BClF/c8-7-5-3-1-2-4-6(5)9/h1-4H. The molecule has 1 aromatic carbocycles. The average Bonchev–Trinajstić information content (AvgIpc) is 1.89. The summed E-state index contributed by atoms with van der Waals surface area (Å²) in [6, 6.07) is 6.34. The molecule has 0 aliphatic heterocycles. The molecule has 3 heteroatoms. The highest BCUT2D eigenvalue weighted by Crippen LogP contribution is 1.91. The maximum atomic E-state index is 12.5. The molecule has 0 N–H and O–H groups in total. The molecule has 1 aromatic rings. The van der Waals surface area contributed by atoms with E-state index in [0.29, 0.717) is 5.46 Å². The summed E-state index contributed by atoms with van der Waals surface area (Å²) in [6.45, 7) is 1.22. The lowest BCUT2D eigenvalue weighted by Gasteiger charge is -1.92. The molecule has 0 nitrogen and oxygen atoms in total. The molecule has 1 radical (unpaired) electrons. The van der Waals surface area contributed by atoms with Gasteiger partial charge < -0.3 is 0 Å². The average molecular weight is 141 g/mol. The molecule has 9 heavy (non-hydrogen) atoms. The molecule has 0 saturated heterocycles. The molecule has 0 fully saturated rings. The van der Waals surface area contributed by atoms with Crippen molar-refractivity contribution < 1.29 is 4.39 Å². The van der Waals surface area contributed by atoms with E-state index in [2.05, 4.69) is 0 Å². The number of hydrogen-bond acceptors (Lipinski definition) is 0. The number of rotatable bonds is 1. The zero-order chi connectivity index (χ0) is 6.69. The van der Waals surface area contributed by atoms with Crippen LogP contribution in [0.3, 0.4) is 0 Å². The lowest BCUT2D eigenvalue weighted by atomic mass is 9.94. The third-order valence-corrected chi connectivity index (χ3v) is 1.26. The van der Waals surface area contributed by atoms with Crippen LogP contribution in [-0.4, -0.2) is 6.69 Å². The molecule has 0 spiro atoms. The Labute approximate surface area is 58.8 Å². The lowest BCUT2D eigenvalue weighted by molar-refractivity contribution is 0.636. The van der Waals surface area contributed by atoms with Gasteiger partial charge in [0.15, 0.2) is 0 Å². The molecular formula is C6H4BClF. The molecular weight excluding hydrogens is 137 g/mol. The van der Waals surface area contributed by atoms with Crippen LogP contribution in [-0.2, 0) is 0 Å². The van der Waals surface area contributed by atoms with Crippen molar-refractivity contribution in [2.75, 3.05) is 0 Å². The summed E-state index contributed by atoms with van der Waals surface area (Å²) in [6.07, 6.45) is 0. The second-order valence-electron chi connectivity index (χ2n) is 1.63. The lowest BCUT2D eigenvalue weighted by Crippen LogP contribution is -2.12. The first kappa shape index (κ1) is 6.62. The van der Waals surface area contributed by atoms with Gasteiger partial charge in [0.25, 0.3) is 6.69 Å². The molecule has 0 heterocycles. The van der Waals surface area contributed by atoms with Crippen molar-refractivity contribution in [2.45, 2.75) is 0 Å². The summed E-state index contributed by atoms with van der Waals surface area (Å²) < 4.78 is 12.5. The van der Waals surface area contributed by atoms with Crippen molar-refractivity contribution in [3.63, 3.8) is 0 Å². The second-order valence-corrected chi connectivity index (χ2v) is 1.85. The van der Waals surface area contributed by atoms with E-state index in [-0.39, 0.29) is 5.82 Å². The van der Waals surface area contributed by atoms with Crippen LogP contribution in [0.1, 0.15) is 0 Å². The van der Waals surface area contributed by atoms with Gasteiger partial charge in [0.1, 0.15) is 5.82 Å². The third-order valence-electron chi connectivity index (χ3n) is 1.02. The van der Waals surface area contributed by atoms with Crippen molar-refractivity contribution in [3.05, 3.63) is 30.1 Å². The van der Waals surface area contributed by atoms with Crippen LogP contribution in [0.4, 0.5) is 4.39 Å². The summed E-state index contributed by atoms with van der Waals surface area (Å²) >= 11 is 5.27. The van der Waals surface area contributed by atoms with Gasteiger partial charge in [-0.3, -0.25) is 0 Å². The molecule has 0 aliphatic carbocycles. The minimum absolute atomic E-state index is 0.285. The maximum absolute atomic E-state index is 12.5. The number of halogens is 2. The van der Waals surface area contributed by atoms with E-state index in [0.717, 1.165) is 0 Å². The van der Waals surface area contributed by atoms with Gasteiger partial charge in [-0.15, -0.1) is 0 Å². The van der Waals surface area contributed by atoms with Gasteiger partial charge in [0, 0.05) is 0 Å². The van der Waals surface area contributed by atoms with Gasteiger partial charge in [-0.2, -0.15) is 11.5 Å². The zero-order valence-electron chi connectivity index (χ0n) is 4.64. The quantitative estimate of drug-likeness (QED) is 0.517. The fourth-order valence-corrected chi connectivity index (χ4v) is 0.741. The smallest absolute Gasteiger partial charge is 0.208 e. The van der Waals surface area contributed by atoms with Crippen molar-refractivity contribution in [2.24, 2.45) is 0 Å². The minimum Gasteiger partial charge on any atom is -0.208 e. The van der Waals surface area contributed by atoms with Crippen LogP contribution in [0.5, 0.6) is 0 Å². The van der Waals surface area contributed by atoms with Gasteiger partial charge >= 0.3 is 0 Å². The highest BCUT2D eigenvalue weighted by Gasteiger charge is 1.97. The Bertz CT molecular complexity index is 202. The Kier molecular flexibility index (Phi) is 2.12. The summed E-state index contributed by atoms with van der Waals surface area (Å²) in [7, 11) is 0. The maximum Gasteiger partial charge on any atom is 0.278 e. The van der Waals surface area contributed by atoms with E-state index < -0.39 is 0 Å². The first-order valence-corrected chi connectivity index (χ1v) is 2.96. The van der Waals surface area contributed by atoms with Crippen molar-refractivity contribution in [1.29, 1.82) is 0 Å². The van der Waals surface area contributed by atoms with Gasteiger partial charge in [0.2, 0.25) is 0 Å². The van der Waals surface area contributed by atoms with Gasteiger partial charge in [-0.1, -0.05) is 18.2 Å². The first-order valence-electron chi connectivity index (χ1n) is 2.52. The van der Waals surface area contributed by atoms with Crippen LogP contribution in [0, 0.1) is 5.82 Å². The zero-order valence-corrected chi connectivity index (χ0v) is 5.40. The monoisotopic (exact) mass is 141 g/mol. The Morgan fingerprint density at radius 2 is 2.00 bits per heavy atom. The van der Waals surface area contributed by atoms with Crippen LogP contribution in [0.15, 0.2) is 24.3 Å². The molecule has 0 bridgehead atoms. The summed E-state index contributed by atoms with van der Waals surface area (Å²) in [5.74, 6) is -0.285. The molecule has 45 valence electrons. The highest BCUT2D eigenvalue weighted by molar-refractivity contribution is 7.01. The number of hydrogen-bond donors (Lipinski definition) is 0. The molecule has 1 rings (SSSR count). The Hall–Kier alpha value is -0.495. The molecule has 0 amide bonds. The van der Waals surface area contributed by atoms with Crippen LogP contribution in [0.25, 0.3) is 0 Å². The third kappa shape index (κ3) is 1.45. The SMILES string of the molecule is Fc1ccccc1[B]Cl. The van der Waals surface area contributed by atoms with Crippen LogP contribution >= 0.6 is 11.5 Å². The largest absolute Gasteiger partial charge is 0.278 e. The molecule has 0 atom stereocenters. The Morgan fingerprint density at radius 3 is 2.44 bits per heavy atom. The van der Waals surface area contributed by atoms with E-state index in [9.17, 15) is 4.39 Å². The van der Waals surface area contributed by atoms with Crippen molar-refractivity contribution in [1.82, 2.24) is 0 Å². The fraction of sp³-hybridized carbons (Fsp3) is 0. The van der Waals surface area contributed by atoms with E-state index in [4.69, 9.17) is 11.5 Å². The predicted molar refractivity (Wildman–Crippen MR) is 37.6 cm³/mol. The summed E-state index contributed by atoms with van der Waals surface area (Å²) in [5.41, 5.74) is 0.430. The van der Waals surface area contributed by atoms with E-state index in [1.807, 2.05) is 0 Å². The van der Waals surface area contributed by atoms with E-state index in [1.165, 1.54) is 12.8 Å². The Morgan fingerprint density at radius 1 is 1.33 bits per heavy atom. The first-order chi connectivity index (χ1) is 4.34. The van der Waals surface area contributed by atoms with Crippen LogP contribution < -0.4 is 5.46 Å². The molecule has 0 aliphatic rings. The summed E-state index contributed by atoms with van der Waals surface area (Å²) in [4.78, 5) is 0. The molecule has 0 aromatic heterocycles. The van der Waals surface area contributed by atoms with Gasteiger partial charge in [-0.05, 0) is 11.5 Å². The van der Waals surface area contributed by atoms with E-state index in [1.54, 1.807) is 18.2 Å². The van der Waals surface area contributed by atoms with Crippen molar-refractivity contribution in [3.8, 4) is 0 Å². The Balaban J connectivity index is 3.01. The molecule has 0 saturated carbocycles. The number of benzene rings is 1. The van der Waals surface area contributed by atoms with Crippen LogP contribution in [0.2, 0.25) is 0 Å².